The Bertz CT molecular complexity index is 947. The van der Waals surface area contributed by atoms with Crippen molar-refractivity contribution in [3.05, 3.63) is 70.7 Å². The molecule has 1 aromatic carbocycles. The molecule has 5 heteroatoms. The minimum absolute atomic E-state index is 0.0898. The fraction of sp³-hybridized carbons (Fsp3) is 0.286. The summed E-state index contributed by atoms with van der Waals surface area (Å²) in [7, 11) is 0. The van der Waals surface area contributed by atoms with Gasteiger partial charge in [0.25, 0.3) is 5.91 Å². The molecule has 2 aromatic heterocycles. The van der Waals surface area contributed by atoms with Crippen LogP contribution in [0, 0.1) is 6.92 Å². The summed E-state index contributed by atoms with van der Waals surface area (Å²) in [4.78, 5) is 16.9. The van der Waals surface area contributed by atoms with Crippen molar-refractivity contribution < 1.29 is 9.32 Å². The Kier molecular flexibility index (Phi) is 4.29. The summed E-state index contributed by atoms with van der Waals surface area (Å²) >= 11 is 0. The van der Waals surface area contributed by atoms with Gasteiger partial charge < -0.3 is 9.84 Å². The lowest BCUT2D eigenvalue weighted by Gasteiger charge is -2.16. The van der Waals surface area contributed by atoms with Crippen LogP contribution in [-0.4, -0.2) is 16.0 Å². The van der Waals surface area contributed by atoms with Gasteiger partial charge in [-0.15, -0.1) is 0 Å². The molecule has 0 spiro atoms. The molecular weight excluding hydrogens is 326 g/mol. The lowest BCUT2D eigenvalue weighted by Crippen LogP contribution is -2.27. The quantitative estimate of drug-likeness (QED) is 0.774. The van der Waals surface area contributed by atoms with Gasteiger partial charge in [-0.25, -0.2) is 0 Å². The van der Waals surface area contributed by atoms with Crippen LogP contribution in [0.4, 0.5) is 0 Å². The van der Waals surface area contributed by atoms with Gasteiger partial charge in [-0.05, 0) is 61.9 Å². The van der Waals surface area contributed by atoms with Crippen LogP contribution in [0.5, 0.6) is 0 Å². The number of nitrogens with zero attached hydrogens (tertiary/aromatic N) is 2. The van der Waals surface area contributed by atoms with Crippen molar-refractivity contribution in [2.24, 2.45) is 0 Å². The summed E-state index contributed by atoms with van der Waals surface area (Å²) in [5.41, 5.74) is 5.79. The number of aryl methyl sites for hydroxylation is 3. The summed E-state index contributed by atoms with van der Waals surface area (Å²) in [5, 5.41) is 7.16. The predicted molar refractivity (Wildman–Crippen MR) is 98.8 cm³/mol. The van der Waals surface area contributed by atoms with E-state index in [1.165, 1.54) is 17.5 Å². The van der Waals surface area contributed by atoms with Gasteiger partial charge in [0.2, 0.25) is 0 Å². The van der Waals surface area contributed by atoms with Gasteiger partial charge in [-0.2, -0.15) is 0 Å². The Labute approximate surface area is 152 Å². The van der Waals surface area contributed by atoms with E-state index in [9.17, 15) is 4.79 Å². The zero-order valence-corrected chi connectivity index (χ0v) is 15.0. The van der Waals surface area contributed by atoms with Crippen LogP contribution in [0.3, 0.4) is 0 Å². The third kappa shape index (κ3) is 3.01. The highest BCUT2D eigenvalue weighted by molar-refractivity contribution is 6.00. The fourth-order valence-corrected chi connectivity index (χ4v) is 3.56. The number of nitrogens with one attached hydrogen (secondary N) is 1. The van der Waals surface area contributed by atoms with Crippen molar-refractivity contribution in [2.75, 3.05) is 0 Å². The molecule has 0 aliphatic heterocycles. The summed E-state index contributed by atoms with van der Waals surface area (Å²) in [5.74, 6) is 0.332. The first kappa shape index (κ1) is 16.5. The molecule has 0 fully saturated rings. The lowest BCUT2D eigenvalue weighted by atomic mass is 10.0. The third-order valence-electron chi connectivity index (χ3n) is 5.01. The van der Waals surface area contributed by atoms with Crippen LogP contribution in [0.1, 0.15) is 52.2 Å². The molecule has 4 rings (SSSR count). The molecule has 0 saturated heterocycles. The number of fused-ring (bicyclic) bond motifs is 1. The second-order valence-electron chi connectivity index (χ2n) is 6.78. The maximum absolute atomic E-state index is 12.9. The molecule has 5 nitrogen and oxygen atoms in total. The first-order chi connectivity index (χ1) is 12.6. The van der Waals surface area contributed by atoms with Gasteiger partial charge >= 0.3 is 0 Å². The monoisotopic (exact) mass is 347 g/mol. The van der Waals surface area contributed by atoms with Crippen molar-refractivity contribution >= 4 is 5.91 Å². The molecule has 132 valence electrons. The molecule has 1 aliphatic rings. The number of carbonyl (C=O) groups excluding carboxylic acids is 1. The van der Waals surface area contributed by atoms with Gasteiger partial charge in [-0.3, -0.25) is 9.78 Å². The van der Waals surface area contributed by atoms with Crippen LogP contribution < -0.4 is 5.32 Å². The van der Waals surface area contributed by atoms with Crippen molar-refractivity contribution in [1.82, 2.24) is 15.5 Å². The maximum atomic E-state index is 12.9. The van der Waals surface area contributed by atoms with Crippen molar-refractivity contribution in [1.29, 1.82) is 0 Å². The van der Waals surface area contributed by atoms with Crippen molar-refractivity contribution in [2.45, 2.75) is 39.2 Å². The molecule has 0 saturated carbocycles. The number of rotatable bonds is 4. The van der Waals surface area contributed by atoms with Gasteiger partial charge in [-0.1, -0.05) is 23.4 Å². The maximum Gasteiger partial charge on any atom is 0.257 e. The van der Waals surface area contributed by atoms with E-state index in [1.54, 1.807) is 19.3 Å². The van der Waals surface area contributed by atoms with Crippen LogP contribution in [0.25, 0.3) is 11.3 Å². The molecule has 0 radical (unpaired) electrons. The van der Waals surface area contributed by atoms with Crippen LogP contribution >= 0.6 is 0 Å². The largest absolute Gasteiger partial charge is 0.360 e. The minimum atomic E-state index is -0.177. The third-order valence-corrected chi connectivity index (χ3v) is 5.01. The highest BCUT2D eigenvalue weighted by Gasteiger charge is 2.23. The predicted octanol–water partition coefficient (Wildman–Crippen LogP) is 4.02. The normalized spacial score (nSPS) is 14.1. The van der Waals surface area contributed by atoms with Gasteiger partial charge in [0.05, 0.1) is 6.04 Å². The molecule has 3 aromatic rings. The molecule has 1 aliphatic carbocycles. The highest BCUT2D eigenvalue weighted by atomic mass is 16.5. The smallest absolute Gasteiger partial charge is 0.257 e. The first-order valence-electron chi connectivity index (χ1n) is 8.92. The average molecular weight is 347 g/mol. The molecule has 0 bridgehead atoms. The number of carbonyl (C=O) groups is 1. The number of pyridine rings is 1. The molecule has 1 unspecified atom stereocenters. The summed E-state index contributed by atoms with van der Waals surface area (Å²) in [6, 6.07) is 10.1. The molecular formula is C21H21N3O2. The molecule has 1 atom stereocenters. The van der Waals surface area contributed by atoms with E-state index < -0.39 is 0 Å². The van der Waals surface area contributed by atoms with E-state index in [-0.39, 0.29) is 11.9 Å². The average Bonchev–Trinajstić information content (AvgIpc) is 3.28. The molecule has 26 heavy (non-hydrogen) atoms. The Hall–Kier alpha value is -2.95. The fourth-order valence-electron chi connectivity index (χ4n) is 3.56. The Balaban J connectivity index is 1.58. The highest BCUT2D eigenvalue weighted by Crippen LogP contribution is 2.27. The van der Waals surface area contributed by atoms with Crippen molar-refractivity contribution in [3.63, 3.8) is 0 Å². The topological polar surface area (TPSA) is 68.0 Å². The summed E-state index contributed by atoms with van der Waals surface area (Å²) < 4.78 is 5.29. The molecule has 2 heterocycles. The van der Waals surface area contributed by atoms with Gasteiger partial charge in [0.15, 0.2) is 0 Å². The van der Waals surface area contributed by atoms with E-state index in [0.717, 1.165) is 24.0 Å². The Morgan fingerprint density at radius 2 is 1.92 bits per heavy atom. The number of amides is 1. The molecule has 1 amide bonds. The van der Waals surface area contributed by atoms with Crippen molar-refractivity contribution in [3.8, 4) is 11.3 Å². The van der Waals surface area contributed by atoms with E-state index in [2.05, 4.69) is 33.7 Å². The number of hydrogen-bond donors (Lipinski definition) is 1. The second-order valence-corrected chi connectivity index (χ2v) is 6.78. The zero-order valence-electron chi connectivity index (χ0n) is 15.0. The summed E-state index contributed by atoms with van der Waals surface area (Å²) in [6.07, 6.45) is 6.85. The zero-order chi connectivity index (χ0) is 18.1. The van der Waals surface area contributed by atoms with E-state index in [1.807, 2.05) is 19.1 Å². The molecule has 1 N–H and O–H groups in total. The first-order valence-corrected chi connectivity index (χ1v) is 8.92. The van der Waals surface area contributed by atoms with E-state index in [4.69, 9.17) is 4.52 Å². The van der Waals surface area contributed by atoms with Gasteiger partial charge in [0, 0.05) is 18.0 Å². The SMILES string of the molecule is Cc1onc(-c2ccncc2)c1C(=O)NC(C)c1ccc2c(c1)CCC2. The van der Waals surface area contributed by atoms with E-state index >= 15 is 0 Å². The van der Waals surface area contributed by atoms with Gasteiger partial charge in [0.1, 0.15) is 17.0 Å². The number of aromatic nitrogens is 2. The summed E-state index contributed by atoms with van der Waals surface area (Å²) in [6.45, 7) is 3.76. The number of hydrogen-bond acceptors (Lipinski definition) is 4. The van der Waals surface area contributed by atoms with Crippen LogP contribution in [0.15, 0.2) is 47.2 Å². The minimum Gasteiger partial charge on any atom is -0.360 e. The Morgan fingerprint density at radius 3 is 2.73 bits per heavy atom. The number of benzene rings is 1. The van der Waals surface area contributed by atoms with Crippen LogP contribution in [0.2, 0.25) is 0 Å². The lowest BCUT2D eigenvalue weighted by molar-refractivity contribution is 0.0939. The van der Waals surface area contributed by atoms with E-state index in [0.29, 0.717) is 17.0 Å². The standard InChI is InChI=1S/C21H21N3O2/c1-13(17-7-6-15-4-3-5-18(15)12-17)23-21(25)19-14(2)26-24-20(19)16-8-10-22-11-9-16/h6-13H,3-5H2,1-2H3,(H,23,25). The Morgan fingerprint density at radius 1 is 1.15 bits per heavy atom. The van der Waals surface area contributed by atoms with Crippen LogP contribution in [-0.2, 0) is 12.8 Å². The second kappa shape index (κ2) is 6.75.